The second kappa shape index (κ2) is 7.15. The molecule has 2 aromatic heterocycles. The zero-order valence-corrected chi connectivity index (χ0v) is 14.4. The number of para-hydroxylation sites is 1. The second-order valence-corrected chi connectivity index (χ2v) is 6.51. The average molecular weight is 334 g/mol. The van der Waals surface area contributed by atoms with Gasteiger partial charge in [-0.1, -0.05) is 12.1 Å². The highest BCUT2D eigenvalue weighted by atomic mass is 16.5. The fourth-order valence-corrected chi connectivity index (χ4v) is 3.50. The molecule has 1 aliphatic rings. The van der Waals surface area contributed by atoms with Crippen molar-refractivity contribution in [3.8, 4) is 11.4 Å². The van der Waals surface area contributed by atoms with E-state index < -0.39 is 0 Å². The number of methoxy groups -OCH3 is 1. The lowest BCUT2D eigenvalue weighted by molar-refractivity contribution is 0.0669. The zero-order valence-electron chi connectivity index (χ0n) is 14.4. The van der Waals surface area contributed by atoms with Gasteiger partial charge in [-0.3, -0.25) is 4.98 Å². The fourth-order valence-electron chi connectivity index (χ4n) is 3.50. The highest BCUT2D eigenvalue weighted by Gasteiger charge is 2.22. The van der Waals surface area contributed by atoms with Crippen molar-refractivity contribution in [1.82, 2.24) is 15.0 Å². The molecule has 1 fully saturated rings. The van der Waals surface area contributed by atoms with Crippen molar-refractivity contribution in [3.05, 3.63) is 48.8 Å². The van der Waals surface area contributed by atoms with Gasteiger partial charge in [0.1, 0.15) is 5.82 Å². The molecule has 1 aliphatic carbocycles. The van der Waals surface area contributed by atoms with Crippen molar-refractivity contribution in [3.63, 3.8) is 0 Å². The maximum atomic E-state index is 5.56. The predicted molar refractivity (Wildman–Crippen MR) is 99.4 cm³/mol. The Labute approximate surface area is 147 Å². The second-order valence-electron chi connectivity index (χ2n) is 6.51. The van der Waals surface area contributed by atoms with Gasteiger partial charge >= 0.3 is 0 Å². The average Bonchev–Trinajstić information content (AvgIpc) is 2.69. The Balaban J connectivity index is 1.71. The number of nitrogens with zero attached hydrogens (tertiary/aromatic N) is 3. The van der Waals surface area contributed by atoms with Gasteiger partial charge in [-0.15, -0.1) is 0 Å². The van der Waals surface area contributed by atoms with Crippen LogP contribution in [-0.4, -0.2) is 34.2 Å². The third-order valence-electron chi connectivity index (χ3n) is 4.84. The van der Waals surface area contributed by atoms with Gasteiger partial charge in [0, 0.05) is 36.5 Å². The lowest BCUT2D eigenvalue weighted by Crippen LogP contribution is -2.31. The van der Waals surface area contributed by atoms with Crippen molar-refractivity contribution in [1.29, 1.82) is 0 Å². The topological polar surface area (TPSA) is 59.9 Å². The van der Waals surface area contributed by atoms with E-state index >= 15 is 0 Å². The van der Waals surface area contributed by atoms with E-state index in [1.54, 1.807) is 19.5 Å². The molecule has 0 spiro atoms. The molecule has 5 nitrogen and oxygen atoms in total. The Morgan fingerprint density at radius 2 is 1.88 bits per heavy atom. The number of rotatable bonds is 4. The van der Waals surface area contributed by atoms with E-state index in [0.29, 0.717) is 12.1 Å². The molecule has 0 bridgehead atoms. The molecule has 2 unspecified atom stereocenters. The molecule has 2 heterocycles. The van der Waals surface area contributed by atoms with E-state index in [9.17, 15) is 0 Å². The van der Waals surface area contributed by atoms with Crippen LogP contribution in [0.5, 0.6) is 0 Å². The number of fused-ring (bicyclic) bond motifs is 1. The van der Waals surface area contributed by atoms with Gasteiger partial charge in [0.15, 0.2) is 5.82 Å². The summed E-state index contributed by atoms with van der Waals surface area (Å²) in [6.07, 6.45) is 8.34. The van der Waals surface area contributed by atoms with Crippen LogP contribution in [0.15, 0.2) is 48.8 Å². The standard InChI is InChI=1S/C20H22N4O/c1-25-16-6-4-5-15(13-16)22-20-17-7-2-3-8-18(17)23-19(24-20)14-9-11-21-12-10-14/h2-3,7-12,15-16H,4-6,13H2,1H3,(H,22,23,24). The Bertz CT molecular complexity index is 853. The summed E-state index contributed by atoms with van der Waals surface area (Å²) in [5.41, 5.74) is 1.92. The third-order valence-corrected chi connectivity index (χ3v) is 4.84. The van der Waals surface area contributed by atoms with E-state index in [1.807, 2.05) is 30.3 Å². The number of hydrogen-bond acceptors (Lipinski definition) is 5. The molecule has 128 valence electrons. The molecule has 2 atom stereocenters. The molecule has 3 aromatic rings. The summed E-state index contributed by atoms with van der Waals surface area (Å²) in [7, 11) is 1.80. The van der Waals surface area contributed by atoms with E-state index in [-0.39, 0.29) is 0 Å². The molecule has 0 aliphatic heterocycles. The number of nitrogens with one attached hydrogen (secondary N) is 1. The summed E-state index contributed by atoms with van der Waals surface area (Å²) in [5, 5.41) is 4.71. The maximum Gasteiger partial charge on any atom is 0.162 e. The molecule has 25 heavy (non-hydrogen) atoms. The highest BCUT2D eigenvalue weighted by molar-refractivity contribution is 5.90. The van der Waals surface area contributed by atoms with Crippen molar-refractivity contribution in [2.24, 2.45) is 0 Å². The van der Waals surface area contributed by atoms with Crippen molar-refractivity contribution in [2.75, 3.05) is 12.4 Å². The third kappa shape index (κ3) is 3.46. The van der Waals surface area contributed by atoms with Crippen LogP contribution in [0, 0.1) is 0 Å². The van der Waals surface area contributed by atoms with Crippen LogP contribution in [0.4, 0.5) is 5.82 Å². The minimum absolute atomic E-state index is 0.332. The lowest BCUT2D eigenvalue weighted by atomic mass is 9.93. The minimum Gasteiger partial charge on any atom is -0.381 e. The molecule has 1 N–H and O–H groups in total. The van der Waals surface area contributed by atoms with E-state index in [0.717, 1.165) is 47.4 Å². The summed E-state index contributed by atoms with van der Waals surface area (Å²) in [5.74, 6) is 1.63. The van der Waals surface area contributed by atoms with Crippen molar-refractivity contribution < 1.29 is 4.74 Å². The number of aromatic nitrogens is 3. The first-order valence-corrected chi connectivity index (χ1v) is 8.80. The molecule has 4 rings (SSSR count). The number of anilines is 1. The first-order valence-electron chi connectivity index (χ1n) is 8.80. The predicted octanol–water partition coefficient (Wildman–Crippen LogP) is 4.06. The van der Waals surface area contributed by atoms with Crippen LogP contribution >= 0.6 is 0 Å². The normalized spacial score (nSPS) is 20.5. The Kier molecular flexibility index (Phi) is 4.57. The zero-order chi connectivity index (χ0) is 17.1. The van der Waals surface area contributed by atoms with Crippen LogP contribution in [0.3, 0.4) is 0 Å². The van der Waals surface area contributed by atoms with Crippen LogP contribution in [0.2, 0.25) is 0 Å². The van der Waals surface area contributed by atoms with Crippen molar-refractivity contribution in [2.45, 2.75) is 37.8 Å². The molecule has 1 aromatic carbocycles. The van der Waals surface area contributed by atoms with Crippen molar-refractivity contribution >= 4 is 16.7 Å². The quantitative estimate of drug-likeness (QED) is 0.779. The molecule has 1 saturated carbocycles. The van der Waals surface area contributed by atoms with Gasteiger partial charge < -0.3 is 10.1 Å². The Hall–Kier alpha value is -2.53. The maximum absolute atomic E-state index is 5.56. The van der Waals surface area contributed by atoms with Gasteiger partial charge in [-0.25, -0.2) is 9.97 Å². The molecular formula is C20H22N4O. The summed E-state index contributed by atoms with van der Waals surface area (Å²) < 4.78 is 5.56. The number of pyridine rings is 1. The van der Waals surface area contributed by atoms with Gasteiger partial charge in [0.25, 0.3) is 0 Å². The van der Waals surface area contributed by atoms with E-state index in [2.05, 4.69) is 16.4 Å². The largest absolute Gasteiger partial charge is 0.381 e. The first-order chi connectivity index (χ1) is 12.3. The van der Waals surface area contributed by atoms with Crippen LogP contribution in [0.25, 0.3) is 22.3 Å². The first kappa shape index (κ1) is 16.0. The Morgan fingerprint density at radius 3 is 2.72 bits per heavy atom. The SMILES string of the molecule is COC1CCCC(Nc2nc(-c3ccncc3)nc3ccccc23)C1. The van der Waals surface area contributed by atoms with Gasteiger partial charge in [0.05, 0.1) is 11.6 Å². The summed E-state index contributed by atoms with van der Waals surface area (Å²) >= 11 is 0. The monoisotopic (exact) mass is 334 g/mol. The van der Waals surface area contributed by atoms with Gasteiger partial charge in [-0.05, 0) is 49.9 Å². The number of ether oxygens (including phenoxy) is 1. The molecule has 0 amide bonds. The summed E-state index contributed by atoms with van der Waals surface area (Å²) in [4.78, 5) is 13.6. The van der Waals surface area contributed by atoms with E-state index in [1.165, 1.54) is 6.42 Å². The molecular weight excluding hydrogens is 312 g/mol. The minimum atomic E-state index is 0.332. The van der Waals surface area contributed by atoms with Crippen LogP contribution in [-0.2, 0) is 4.74 Å². The van der Waals surface area contributed by atoms with Gasteiger partial charge in [0.2, 0.25) is 0 Å². The molecule has 0 saturated heterocycles. The lowest BCUT2D eigenvalue weighted by Gasteiger charge is -2.29. The fraction of sp³-hybridized carbons (Fsp3) is 0.350. The number of benzene rings is 1. The van der Waals surface area contributed by atoms with Crippen LogP contribution in [0.1, 0.15) is 25.7 Å². The Morgan fingerprint density at radius 1 is 1.04 bits per heavy atom. The summed E-state index contributed by atoms with van der Waals surface area (Å²) in [6.45, 7) is 0. The highest BCUT2D eigenvalue weighted by Crippen LogP contribution is 2.28. The summed E-state index contributed by atoms with van der Waals surface area (Å²) in [6, 6.07) is 12.4. The molecule has 5 heteroatoms. The van der Waals surface area contributed by atoms with E-state index in [4.69, 9.17) is 14.7 Å². The number of hydrogen-bond donors (Lipinski definition) is 1. The smallest absolute Gasteiger partial charge is 0.162 e. The molecule has 0 radical (unpaired) electrons. The van der Waals surface area contributed by atoms with Gasteiger partial charge in [-0.2, -0.15) is 0 Å². The van der Waals surface area contributed by atoms with Crippen LogP contribution < -0.4 is 5.32 Å².